The van der Waals surface area contributed by atoms with Gasteiger partial charge in [-0.2, -0.15) is 4.98 Å². The molecular formula is C15H28N4O. The number of hydrogen-bond acceptors (Lipinski definition) is 5. The van der Waals surface area contributed by atoms with E-state index in [0.29, 0.717) is 0 Å². The monoisotopic (exact) mass is 280 g/mol. The minimum absolute atomic E-state index is 0.181. The molecule has 0 spiro atoms. The fraction of sp³-hybridized carbons (Fsp3) is 0.867. The van der Waals surface area contributed by atoms with E-state index in [9.17, 15) is 0 Å². The van der Waals surface area contributed by atoms with Crippen LogP contribution in [0.2, 0.25) is 0 Å². The molecular weight excluding hydrogens is 252 g/mol. The molecule has 1 aliphatic rings. The topological polar surface area (TPSA) is 54.2 Å². The summed E-state index contributed by atoms with van der Waals surface area (Å²) in [5.74, 6) is 1.58. The fourth-order valence-electron chi connectivity index (χ4n) is 2.92. The Hall–Kier alpha value is -0.940. The molecule has 1 saturated heterocycles. The summed E-state index contributed by atoms with van der Waals surface area (Å²) in [4.78, 5) is 6.98. The van der Waals surface area contributed by atoms with Gasteiger partial charge in [0.05, 0.1) is 6.04 Å². The molecule has 20 heavy (non-hydrogen) atoms. The Kier molecular flexibility index (Phi) is 5.16. The number of aromatic nitrogens is 2. The van der Waals surface area contributed by atoms with Crippen LogP contribution >= 0.6 is 0 Å². The Morgan fingerprint density at radius 2 is 2.10 bits per heavy atom. The van der Waals surface area contributed by atoms with Gasteiger partial charge < -0.3 is 14.7 Å². The van der Waals surface area contributed by atoms with E-state index in [1.54, 1.807) is 0 Å². The summed E-state index contributed by atoms with van der Waals surface area (Å²) in [6, 6.07) is 0.186. The van der Waals surface area contributed by atoms with Gasteiger partial charge >= 0.3 is 0 Å². The van der Waals surface area contributed by atoms with Gasteiger partial charge in [0.15, 0.2) is 5.82 Å². The van der Waals surface area contributed by atoms with Crippen LogP contribution in [0, 0.1) is 5.41 Å². The molecule has 0 amide bonds. The molecule has 0 radical (unpaired) electrons. The lowest BCUT2D eigenvalue weighted by atomic mass is 9.77. The van der Waals surface area contributed by atoms with Crippen molar-refractivity contribution in [3.63, 3.8) is 0 Å². The largest absolute Gasteiger partial charge is 0.338 e. The van der Waals surface area contributed by atoms with Crippen LogP contribution in [0.15, 0.2) is 4.52 Å². The Balaban J connectivity index is 1.98. The van der Waals surface area contributed by atoms with Crippen molar-refractivity contribution in [2.75, 3.05) is 26.2 Å². The smallest absolute Gasteiger partial charge is 0.244 e. The number of likely N-dealkylation sites (N-methyl/N-ethyl adjacent to an activating group) is 1. The molecule has 1 unspecified atom stereocenters. The maximum atomic E-state index is 5.50. The standard InChI is InChI=1S/C15H28N4O/c1-5-19(6-2)11-8-12-17-14(20-18-12)13-15(3,4)9-7-10-16-13/h13,16H,5-11H2,1-4H3. The van der Waals surface area contributed by atoms with E-state index in [-0.39, 0.29) is 11.5 Å². The third kappa shape index (κ3) is 3.58. The minimum atomic E-state index is 0.181. The molecule has 0 aliphatic carbocycles. The van der Waals surface area contributed by atoms with Crippen molar-refractivity contribution in [3.8, 4) is 0 Å². The van der Waals surface area contributed by atoms with Crippen molar-refractivity contribution in [2.24, 2.45) is 5.41 Å². The zero-order valence-corrected chi connectivity index (χ0v) is 13.3. The zero-order chi connectivity index (χ0) is 14.6. The van der Waals surface area contributed by atoms with E-state index < -0.39 is 0 Å². The average molecular weight is 280 g/mol. The van der Waals surface area contributed by atoms with Crippen molar-refractivity contribution < 1.29 is 4.52 Å². The molecule has 2 heterocycles. The van der Waals surface area contributed by atoms with Gasteiger partial charge in [-0.1, -0.05) is 32.9 Å². The van der Waals surface area contributed by atoms with Crippen molar-refractivity contribution in [2.45, 2.75) is 53.0 Å². The highest BCUT2D eigenvalue weighted by Crippen LogP contribution is 2.39. The van der Waals surface area contributed by atoms with Crippen molar-refractivity contribution in [1.82, 2.24) is 20.4 Å². The van der Waals surface area contributed by atoms with Crippen LogP contribution in [0.5, 0.6) is 0 Å². The zero-order valence-electron chi connectivity index (χ0n) is 13.3. The van der Waals surface area contributed by atoms with Gasteiger partial charge in [0.1, 0.15) is 0 Å². The molecule has 114 valence electrons. The third-order valence-corrected chi connectivity index (χ3v) is 4.40. The van der Waals surface area contributed by atoms with Gasteiger partial charge in [0.25, 0.3) is 0 Å². The fourth-order valence-corrected chi connectivity index (χ4v) is 2.92. The molecule has 1 N–H and O–H groups in total. The van der Waals surface area contributed by atoms with Gasteiger partial charge in [-0.15, -0.1) is 0 Å². The third-order valence-electron chi connectivity index (χ3n) is 4.40. The van der Waals surface area contributed by atoms with E-state index in [0.717, 1.165) is 44.3 Å². The molecule has 0 saturated carbocycles. The molecule has 0 bridgehead atoms. The van der Waals surface area contributed by atoms with Crippen molar-refractivity contribution in [1.29, 1.82) is 0 Å². The summed E-state index contributed by atoms with van der Waals surface area (Å²) in [7, 11) is 0. The van der Waals surface area contributed by atoms with Gasteiger partial charge in [-0.3, -0.25) is 0 Å². The Bertz CT molecular complexity index is 412. The predicted octanol–water partition coefficient (Wildman–Crippen LogP) is 2.40. The van der Waals surface area contributed by atoms with Gasteiger partial charge in [0.2, 0.25) is 5.89 Å². The Morgan fingerprint density at radius 1 is 1.35 bits per heavy atom. The van der Waals surface area contributed by atoms with Gasteiger partial charge in [0, 0.05) is 13.0 Å². The van der Waals surface area contributed by atoms with E-state index in [1.807, 2.05) is 0 Å². The highest BCUT2D eigenvalue weighted by molar-refractivity contribution is 5.01. The van der Waals surface area contributed by atoms with Crippen LogP contribution in [-0.4, -0.2) is 41.2 Å². The first-order valence-corrected chi connectivity index (χ1v) is 7.85. The number of nitrogens with one attached hydrogen (secondary N) is 1. The first kappa shape index (κ1) is 15.4. The number of rotatable bonds is 6. The molecule has 5 nitrogen and oxygen atoms in total. The maximum Gasteiger partial charge on any atom is 0.244 e. The van der Waals surface area contributed by atoms with E-state index >= 15 is 0 Å². The summed E-state index contributed by atoms with van der Waals surface area (Å²) < 4.78 is 5.50. The van der Waals surface area contributed by atoms with Crippen molar-refractivity contribution in [3.05, 3.63) is 11.7 Å². The second kappa shape index (κ2) is 6.68. The molecule has 1 aliphatic heterocycles. The Labute approximate surface area is 122 Å². The summed E-state index contributed by atoms with van der Waals surface area (Å²) in [5.41, 5.74) is 0.181. The van der Waals surface area contributed by atoms with Crippen LogP contribution < -0.4 is 5.32 Å². The molecule has 1 atom stereocenters. The maximum absolute atomic E-state index is 5.50. The lowest BCUT2D eigenvalue weighted by molar-refractivity contribution is 0.146. The molecule has 1 aromatic rings. The summed E-state index contributed by atoms with van der Waals surface area (Å²) >= 11 is 0. The van der Waals surface area contributed by atoms with Crippen LogP contribution in [-0.2, 0) is 6.42 Å². The quantitative estimate of drug-likeness (QED) is 0.867. The molecule has 2 rings (SSSR count). The van der Waals surface area contributed by atoms with Crippen LogP contribution in [0.1, 0.15) is 58.3 Å². The molecule has 5 heteroatoms. The number of nitrogens with zero attached hydrogens (tertiary/aromatic N) is 3. The normalized spacial score (nSPS) is 22.4. The minimum Gasteiger partial charge on any atom is -0.338 e. The second-order valence-corrected chi connectivity index (χ2v) is 6.30. The Morgan fingerprint density at radius 3 is 2.75 bits per heavy atom. The second-order valence-electron chi connectivity index (χ2n) is 6.30. The highest BCUT2D eigenvalue weighted by atomic mass is 16.5. The van der Waals surface area contributed by atoms with E-state index in [4.69, 9.17) is 4.52 Å². The summed E-state index contributed by atoms with van der Waals surface area (Å²) in [6.45, 7) is 13.1. The lowest BCUT2D eigenvalue weighted by Gasteiger charge is -2.36. The van der Waals surface area contributed by atoms with Crippen LogP contribution in [0.3, 0.4) is 0 Å². The summed E-state index contributed by atoms with van der Waals surface area (Å²) in [5, 5.41) is 7.66. The van der Waals surface area contributed by atoms with E-state index in [2.05, 4.69) is 48.1 Å². The molecule has 1 fully saturated rings. The van der Waals surface area contributed by atoms with Crippen molar-refractivity contribution >= 4 is 0 Å². The number of piperidine rings is 1. The first-order chi connectivity index (χ1) is 9.56. The lowest BCUT2D eigenvalue weighted by Crippen LogP contribution is -2.39. The predicted molar refractivity (Wildman–Crippen MR) is 79.5 cm³/mol. The average Bonchev–Trinajstić information content (AvgIpc) is 2.88. The highest BCUT2D eigenvalue weighted by Gasteiger charge is 2.36. The molecule has 1 aromatic heterocycles. The first-order valence-electron chi connectivity index (χ1n) is 7.85. The van der Waals surface area contributed by atoms with Gasteiger partial charge in [-0.05, 0) is 37.9 Å². The SMILES string of the molecule is CCN(CC)CCc1noc(C2NCCCC2(C)C)n1. The van der Waals surface area contributed by atoms with Crippen LogP contribution in [0.25, 0.3) is 0 Å². The van der Waals surface area contributed by atoms with Crippen LogP contribution in [0.4, 0.5) is 0 Å². The van der Waals surface area contributed by atoms with E-state index in [1.165, 1.54) is 12.8 Å². The molecule has 0 aromatic carbocycles. The summed E-state index contributed by atoms with van der Waals surface area (Å²) in [6.07, 6.45) is 3.27. The number of hydrogen-bond donors (Lipinski definition) is 1. The van der Waals surface area contributed by atoms with Gasteiger partial charge in [-0.25, -0.2) is 0 Å².